The van der Waals surface area contributed by atoms with Crippen LogP contribution in [0.2, 0.25) is 10.0 Å². The summed E-state index contributed by atoms with van der Waals surface area (Å²) in [4.78, 5) is 10.6. The van der Waals surface area contributed by atoms with Gasteiger partial charge < -0.3 is 9.84 Å². The van der Waals surface area contributed by atoms with Gasteiger partial charge in [-0.3, -0.25) is 4.79 Å². The molecule has 0 aliphatic rings. The number of phenols is 1. The van der Waals surface area contributed by atoms with E-state index in [-0.39, 0.29) is 10.0 Å². The van der Waals surface area contributed by atoms with Gasteiger partial charge in [0.25, 0.3) is 0 Å². The molecule has 106 valence electrons. The van der Waals surface area contributed by atoms with Crippen molar-refractivity contribution < 1.29 is 23.1 Å². The zero-order chi connectivity index (χ0) is 14.8. The monoisotopic (exact) mass is 327 g/mol. The van der Waals surface area contributed by atoms with Crippen LogP contribution in [0.5, 0.6) is 5.75 Å². The van der Waals surface area contributed by atoms with Gasteiger partial charge in [-0.15, -0.1) is 0 Å². The molecule has 1 aromatic carbocycles. The molecule has 0 radical (unpaired) electrons. The quantitative estimate of drug-likeness (QED) is 0.847. The molecule has 19 heavy (non-hydrogen) atoms. The molecular weight excluding hydrogens is 317 g/mol. The van der Waals surface area contributed by atoms with Crippen LogP contribution in [0.3, 0.4) is 0 Å². The van der Waals surface area contributed by atoms with Crippen LogP contribution < -0.4 is 0 Å². The number of hydrogen-bond acceptors (Lipinski definition) is 5. The predicted molar refractivity (Wildman–Crippen MR) is 70.0 cm³/mol. The average molecular weight is 328 g/mol. The molecule has 0 saturated heterocycles. The van der Waals surface area contributed by atoms with E-state index in [1.54, 1.807) is 0 Å². The molecule has 0 spiro atoms. The lowest BCUT2D eigenvalue weighted by molar-refractivity contribution is -0.140. The second-order valence-corrected chi connectivity index (χ2v) is 6.43. The molecule has 0 saturated carbocycles. The van der Waals surface area contributed by atoms with Crippen molar-refractivity contribution >= 4 is 39.2 Å². The fraction of sp³-hybridized carbons (Fsp3) is 0.300. The van der Waals surface area contributed by atoms with Crippen LogP contribution in [-0.2, 0) is 19.6 Å². The van der Waals surface area contributed by atoms with Gasteiger partial charge in [0.2, 0.25) is 10.0 Å². The Labute approximate surface area is 120 Å². The molecule has 0 fully saturated rings. The van der Waals surface area contributed by atoms with Crippen LogP contribution in [-0.4, -0.2) is 44.5 Å². The lowest BCUT2D eigenvalue weighted by Gasteiger charge is -2.17. The van der Waals surface area contributed by atoms with Gasteiger partial charge >= 0.3 is 5.97 Å². The molecule has 6 nitrogen and oxygen atoms in total. The van der Waals surface area contributed by atoms with Gasteiger partial charge in [0.1, 0.15) is 11.4 Å². The Balaban J connectivity index is 3.24. The first-order valence-electron chi connectivity index (χ1n) is 4.91. The molecule has 0 aliphatic carbocycles. The number of methoxy groups -OCH3 is 1. The topological polar surface area (TPSA) is 83.9 Å². The second-order valence-electron chi connectivity index (χ2n) is 3.57. The molecule has 0 aromatic heterocycles. The lowest BCUT2D eigenvalue weighted by atomic mass is 10.3. The number of hydrogen-bond donors (Lipinski definition) is 1. The average Bonchev–Trinajstić information content (AvgIpc) is 2.33. The Hall–Kier alpha value is -1.02. The Kier molecular flexibility index (Phi) is 5.03. The van der Waals surface area contributed by atoms with E-state index >= 15 is 0 Å². The number of carbonyl (C=O) groups excluding carboxylic acids is 1. The van der Waals surface area contributed by atoms with E-state index in [9.17, 15) is 18.3 Å². The summed E-state index contributed by atoms with van der Waals surface area (Å²) in [6.45, 7) is -0.498. The third-order valence-electron chi connectivity index (χ3n) is 2.26. The van der Waals surface area contributed by atoms with Crippen LogP contribution in [0.15, 0.2) is 17.0 Å². The van der Waals surface area contributed by atoms with Gasteiger partial charge in [-0.25, -0.2) is 8.42 Å². The molecule has 9 heteroatoms. The summed E-state index contributed by atoms with van der Waals surface area (Å²) in [5.41, 5.74) is 0. The number of nitrogens with zero attached hydrogens (tertiary/aromatic N) is 1. The number of esters is 1. The minimum Gasteiger partial charge on any atom is -0.505 e. The van der Waals surface area contributed by atoms with Crippen LogP contribution in [0.25, 0.3) is 0 Å². The van der Waals surface area contributed by atoms with E-state index in [0.717, 1.165) is 17.5 Å². The first-order chi connectivity index (χ1) is 8.70. The van der Waals surface area contributed by atoms with Crippen molar-refractivity contribution in [2.24, 2.45) is 0 Å². The van der Waals surface area contributed by atoms with Crippen molar-refractivity contribution in [1.29, 1.82) is 0 Å². The maximum absolute atomic E-state index is 12.1. The van der Waals surface area contributed by atoms with Crippen molar-refractivity contribution in [2.75, 3.05) is 20.7 Å². The van der Waals surface area contributed by atoms with Crippen molar-refractivity contribution in [2.45, 2.75) is 4.90 Å². The number of likely N-dealkylation sites (N-methyl/N-ethyl adjacent to an activating group) is 1. The highest BCUT2D eigenvalue weighted by Gasteiger charge is 2.27. The highest BCUT2D eigenvalue weighted by atomic mass is 35.5. The molecule has 0 amide bonds. The summed E-state index contributed by atoms with van der Waals surface area (Å²) in [7, 11) is -1.80. The third kappa shape index (κ3) is 3.50. The Morgan fingerprint density at radius 1 is 1.42 bits per heavy atom. The fourth-order valence-corrected chi connectivity index (χ4v) is 3.09. The third-order valence-corrected chi connectivity index (χ3v) is 4.58. The maximum Gasteiger partial charge on any atom is 0.321 e. The molecule has 0 aliphatic heterocycles. The molecule has 0 unspecified atom stereocenters. The SMILES string of the molecule is COC(=O)CN(C)S(=O)(=O)c1cc(Cl)cc(Cl)c1O. The summed E-state index contributed by atoms with van der Waals surface area (Å²) < 4.78 is 29.4. The minimum absolute atomic E-state index is 0.0489. The molecule has 0 heterocycles. The maximum atomic E-state index is 12.1. The van der Waals surface area contributed by atoms with Crippen LogP contribution in [0.1, 0.15) is 0 Å². The molecule has 0 atom stereocenters. The number of ether oxygens (including phenoxy) is 1. The first kappa shape index (κ1) is 16.0. The summed E-state index contributed by atoms with van der Waals surface area (Å²) in [6.07, 6.45) is 0. The number of aromatic hydroxyl groups is 1. The number of sulfonamides is 1. The standard InChI is InChI=1S/C10H11Cl2NO5S/c1-13(5-9(14)18-2)19(16,17)8-4-6(11)3-7(12)10(8)15/h3-4,15H,5H2,1-2H3. The Morgan fingerprint density at radius 2 is 2.00 bits per heavy atom. The molecule has 1 rings (SSSR count). The van der Waals surface area contributed by atoms with Gasteiger partial charge in [0.05, 0.1) is 12.1 Å². The number of rotatable bonds is 4. The predicted octanol–water partition coefficient (Wildman–Crippen LogP) is 1.49. The largest absolute Gasteiger partial charge is 0.505 e. The minimum atomic E-state index is -4.11. The smallest absolute Gasteiger partial charge is 0.321 e. The van der Waals surface area contributed by atoms with Gasteiger partial charge in [-0.2, -0.15) is 4.31 Å². The van der Waals surface area contributed by atoms with Gasteiger partial charge in [-0.1, -0.05) is 23.2 Å². The highest BCUT2D eigenvalue weighted by Crippen LogP contribution is 2.35. The second kappa shape index (κ2) is 5.96. The van der Waals surface area contributed by atoms with E-state index in [1.165, 1.54) is 13.1 Å². The Bertz CT molecular complexity index is 602. The van der Waals surface area contributed by atoms with Crippen LogP contribution in [0.4, 0.5) is 0 Å². The summed E-state index contributed by atoms with van der Waals surface area (Å²) >= 11 is 11.3. The summed E-state index contributed by atoms with van der Waals surface area (Å²) in [6, 6.07) is 2.25. The van der Waals surface area contributed by atoms with Gasteiger partial charge in [-0.05, 0) is 12.1 Å². The lowest BCUT2D eigenvalue weighted by Crippen LogP contribution is -2.32. The normalized spacial score (nSPS) is 11.6. The Morgan fingerprint density at radius 3 is 2.53 bits per heavy atom. The van der Waals surface area contributed by atoms with E-state index < -0.39 is 33.2 Å². The fourth-order valence-electron chi connectivity index (χ4n) is 1.24. The number of phenolic OH excluding ortho intramolecular Hbond substituents is 1. The molecule has 0 bridgehead atoms. The molecule has 1 N–H and O–H groups in total. The number of carbonyl (C=O) groups is 1. The molecular formula is C10H11Cl2NO5S. The van der Waals surface area contributed by atoms with Crippen molar-refractivity contribution in [3.05, 3.63) is 22.2 Å². The zero-order valence-electron chi connectivity index (χ0n) is 10.1. The van der Waals surface area contributed by atoms with Gasteiger partial charge in [0.15, 0.2) is 5.75 Å². The van der Waals surface area contributed by atoms with Crippen molar-refractivity contribution in [3.63, 3.8) is 0 Å². The van der Waals surface area contributed by atoms with Crippen LogP contribution >= 0.6 is 23.2 Å². The van der Waals surface area contributed by atoms with E-state index in [1.807, 2.05) is 0 Å². The number of halogens is 2. The van der Waals surface area contributed by atoms with E-state index in [2.05, 4.69) is 4.74 Å². The van der Waals surface area contributed by atoms with Gasteiger partial charge in [0, 0.05) is 12.1 Å². The van der Waals surface area contributed by atoms with E-state index in [4.69, 9.17) is 23.2 Å². The van der Waals surface area contributed by atoms with Crippen molar-refractivity contribution in [1.82, 2.24) is 4.31 Å². The van der Waals surface area contributed by atoms with Crippen LogP contribution in [0, 0.1) is 0 Å². The highest BCUT2D eigenvalue weighted by molar-refractivity contribution is 7.89. The first-order valence-corrected chi connectivity index (χ1v) is 7.11. The molecule has 1 aromatic rings. The zero-order valence-corrected chi connectivity index (χ0v) is 12.4. The number of benzene rings is 1. The summed E-state index contributed by atoms with van der Waals surface area (Å²) in [5, 5.41) is 9.54. The van der Waals surface area contributed by atoms with E-state index in [0.29, 0.717) is 0 Å². The summed E-state index contributed by atoms with van der Waals surface area (Å²) in [5.74, 6) is -1.36. The van der Waals surface area contributed by atoms with Crippen molar-refractivity contribution in [3.8, 4) is 5.75 Å².